The van der Waals surface area contributed by atoms with Gasteiger partial charge in [0.1, 0.15) is 12.6 Å². The number of nitrogens with zero attached hydrogens (tertiary/aromatic N) is 1. The van der Waals surface area contributed by atoms with Crippen molar-refractivity contribution in [1.29, 1.82) is 0 Å². The van der Waals surface area contributed by atoms with E-state index in [4.69, 9.17) is 4.74 Å². The van der Waals surface area contributed by atoms with Crippen molar-refractivity contribution in [2.45, 2.75) is 25.8 Å². The molecule has 0 bridgehead atoms. The van der Waals surface area contributed by atoms with Crippen LogP contribution in [-0.2, 0) is 9.53 Å². The Balaban J connectivity index is 1.49. The van der Waals surface area contributed by atoms with Gasteiger partial charge in [0.05, 0.1) is 0 Å². The Labute approximate surface area is 158 Å². The Morgan fingerprint density at radius 3 is 2.15 bits per heavy atom. The van der Waals surface area contributed by atoms with Crippen molar-refractivity contribution in [1.82, 2.24) is 4.90 Å². The van der Waals surface area contributed by atoms with E-state index in [2.05, 4.69) is 24.3 Å². The number of carbonyl (C=O) groups excluding carboxylic acids is 1. The molecule has 1 aliphatic carbocycles. The van der Waals surface area contributed by atoms with E-state index in [0.717, 1.165) is 11.1 Å². The van der Waals surface area contributed by atoms with Crippen LogP contribution in [0.2, 0.25) is 0 Å². The van der Waals surface area contributed by atoms with Crippen LogP contribution in [0.5, 0.6) is 0 Å². The van der Waals surface area contributed by atoms with Gasteiger partial charge in [-0.15, -0.1) is 0 Å². The van der Waals surface area contributed by atoms with Gasteiger partial charge in [-0.2, -0.15) is 0 Å². The molecule has 5 nitrogen and oxygen atoms in total. The van der Waals surface area contributed by atoms with Gasteiger partial charge in [-0.05, 0) is 28.2 Å². The number of fused-ring (bicyclic) bond motifs is 3. The molecule has 2 aromatic carbocycles. The number of carboxylic acid groups (broad SMARTS) is 1. The van der Waals surface area contributed by atoms with E-state index in [1.165, 1.54) is 16.0 Å². The molecule has 1 aliphatic heterocycles. The van der Waals surface area contributed by atoms with Crippen LogP contribution in [0.15, 0.2) is 48.5 Å². The van der Waals surface area contributed by atoms with Crippen molar-refractivity contribution < 1.29 is 19.4 Å². The monoisotopic (exact) mass is 365 g/mol. The quantitative estimate of drug-likeness (QED) is 0.890. The van der Waals surface area contributed by atoms with Crippen molar-refractivity contribution in [2.75, 3.05) is 13.2 Å². The molecule has 0 aromatic heterocycles. The highest BCUT2D eigenvalue weighted by molar-refractivity contribution is 5.83. The third kappa shape index (κ3) is 2.87. The van der Waals surface area contributed by atoms with Gasteiger partial charge in [-0.25, -0.2) is 9.59 Å². The molecular weight excluding hydrogens is 342 g/mol. The van der Waals surface area contributed by atoms with Crippen LogP contribution in [0, 0.1) is 11.8 Å². The molecular formula is C22H23NO4. The Morgan fingerprint density at radius 1 is 1.07 bits per heavy atom. The maximum atomic E-state index is 12.5. The Bertz CT molecular complexity index is 846. The van der Waals surface area contributed by atoms with Gasteiger partial charge >= 0.3 is 12.1 Å². The average Bonchev–Trinajstić information content (AvgIpc) is 2.92. The van der Waals surface area contributed by atoms with E-state index in [1.54, 1.807) is 0 Å². The Morgan fingerprint density at radius 2 is 1.63 bits per heavy atom. The van der Waals surface area contributed by atoms with Crippen LogP contribution in [0.3, 0.4) is 0 Å². The molecule has 0 spiro atoms. The van der Waals surface area contributed by atoms with E-state index < -0.39 is 18.1 Å². The van der Waals surface area contributed by atoms with Gasteiger partial charge in [0, 0.05) is 18.4 Å². The van der Waals surface area contributed by atoms with E-state index in [0.29, 0.717) is 6.54 Å². The number of hydrogen-bond donors (Lipinski definition) is 1. The van der Waals surface area contributed by atoms with Crippen molar-refractivity contribution in [3.8, 4) is 11.1 Å². The lowest BCUT2D eigenvalue weighted by Crippen LogP contribution is -2.63. The largest absolute Gasteiger partial charge is 0.480 e. The number of ether oxygens (including phenoxy) is 1. The molecule has 0 unspecified atom stereocenters. The van der Waals surface area contributed by atoms with Crippen LogP contribution in [0.25, 0.3) is 11.1 Å². The van der Waals surface area contributed by atoms with Crippen LogP contribution in [-0.4, -0.2) is 41.3 Å². The lowest BCUT2D eigenvalue weighted by atomic mass is 9.80. The first kappa shape index (κ1) is 17.6. The Kier molecular flexibility index (Phi) is 4.38. The van der Waals surface area contributed by atoms with Gasteiger partial charge in [0.2, 0.25) is 0 Å². The van der Waals surface area contributed by atoms with E-state index in [-0.39, 0.29) is 24.4 Å². The van der Waals surface area contributed by atoms with E-state index in [1.807, 2.05) is 38.1 Å². The van der Waals surface area contributed by atoms with E-state index >= 15 is 0 Å². The summed E-state index contributed by atoms with van der Waals surface area (Å²) in [6.07, 6.45) is -0.541. The Hall–Kier alpha value is -2.82. The second-order valence-corrected chi connectivity index (χ2v) is 7.65. The van der Waals surface area contributed by atoms with Gasteiger partial charge in [0.25, 0.3) is 0 Å². The second kappa shape index (κ2) is 6.72. The highest BCUT2D eigenvalue weighted by Gasteiger charge is 2.48. The summed E-state index contributed by atoms with van der Waals surface area (Å²) in [6, 6.07) is 15.5. The first-order chi connectivity index (χ1) is 13.0. The summed E-state index contributed by atoms with van der Waals surface area (Å²) in [4.78, 5) is 25.4. The van der Waals surface area contributed by atoms with E-state index in [9.17, 15) is 14.7 Å². The predicted molar refractivity (Wildman–Crippen MR) is 102 cm³/mol. The maximum Gasteiger partial charge on any atom is 0.410 e. The van der Waals surface area contributed by atoms with Crippen molar-refractivity contribution in [3.05, 3.63) is 59.7 Å². The van der Waals surface area contributed by atoms with Gasteiger partial charge < -0.3 is 9.84 Å². The molecule has 140 valence electrons. The summed E-state index contributed by atoms with van der Waals surface area (Å²) in [5, 5.41) is 9.46. The summed E-state index contributed by atoms with van der Waals surface area (Å²) in [5.74, 6) is -0.799. The topological polar surface area (TPSA) is 66.8 Å². The minimum Gasteiger partial charge on any atom is -0.480 e. The van der Waals surface area contributed by atoms with Crippen molar-refractivity contribution >= 4 is 12.1 Å². The molecule has 1 N–H and O–H groups in total. The summed E-state index contributed by atoms with van der Waals surface area (Å²) in [6.45, 7) is 4.61. The van der Waals surface area contributed by atoms with Crippen molar-refractivity contribution in [2.24, 2.45) is 11.8 Å². The number of carboxylic acids is 1. The number of amides is 1. The summed E-state index contributed by atoms with van der Waals surface area (Å²) in [5.41, 5.74) is 4.62. The SMILES string of the molecule is CC(C)[C@H]1CN(C(=O)OCC2c3ccccc3-c3ccccc32)[C@@H]1C(=O)O. The fourth-order valence-electron chi connectivity index (χ4n) is 4.29. The molecule has 2 atom stereocenters. The lowest BCUT2D eigenvalue weighted by Gasteiger charge is -2.46. The zero-order valence-corrected chi connectivity index (χ0v) is 15.5. The number of aliphatic carboxylic acids is 1. The molecule has 0 saturated carbocycles. The smallest absolute Gasteiger partial charge is 0.410 e. The number of carbonyl (C=O) groups is 2. The van der Waals surface area contributed by atoms with Gasteiger partial charge in [-0.3, -0.25) is 4.90 Å². The predicted octanol–water partition coefficient (Wildman–Crippen LogP) is 3.98. The normalized spacial score (nSPS) is 20.8. The number of hydrogen-bond acceptors (Lipinski definition) is 3. The number of likely N-dealkylation sites (tertiary alicyclic amines) is 1. The summed E-state index contributed by atoms with van der Waals surface area (Å²) >= 11 is 0. The first-order valence-electron chi connectivity index (χ1n) is 9.33. The minimum atomic E-state index is -0.964. The highest BCUT2D eigenvalue weighted by Crippen LogP contribution is 2.44. The zero-order chi connectivity index (χ0) is 19.1. The molecule has 1 fully saturated rings. The van der Waals surface area contributed by atoms with Gasteiger partial charge in [-0.1, -0.05) is 62.4 Å². The molecule has 27 heavy (non-hydrogen) atoms. The highest BCUT2D eigenvalue weighted by atomic mass is 16.6. The molecule has 1 saturated heterocycles. The number of rotatable bonds is 4. The first-order valence-corrected chi connectivity index (χ1v) is 9.33. The van der Waals surface area contributed by atoms with Crippen LogP contribution in [0.4, 0.5) is 4.79 Å². The maximum absolute atomic E-state index is 12.5. The fraction of sp³-hybridized carbons (Fsp3) is 0.364. The third-order valence-corrected chi connectivity index (χ3v) is 5.83. The molecule has 5 heteroatoms. The molecule has 2 aliphatic rings. The molecule has 1 heterocycles. The van der Waals surface area contributed by atoms with Crippen LogP contribution < -0.4 is 0 Å². The average molecular weight is 365 g/mol. The van der Waals surface area contributed by atoms with Crippen LogP contribution >= 0.6 is 0 Å². The molecule has 1 amide bonds. The molecule has 0 radical (unpaired) electrons. The fourth-order valence-corrected chi connectivity index (χ4v) is 4.29. The van der Waals surface area contributed by atoms with Gasteiger partial charge in [0.15, 0.2) is 0 Å². The molecule has 4 rings (SSSR count). The minimum absolute atomic E-state index is 0.0215. The second-order valence-electron chi connectivity index (χ2n) is 7.65. The third-order valence-electron chi connectivity index (χ3n) is 5.83. The van der Waals surface area contributed by atoms with Crippen LogP contribution in [0.1, 0.15) is 30.9 Å². The lowest BCUT2D eigenvalue weighted by molar-refractivity contribution is -0.153. The molecule has 2 aromatic rings. The van der Waals surface area contributed by atoms with Crippen molar-refractivity contribution in [3.63, 3.8) is 0 Å². The summed E-state index contributed by atoms with van der Waals surface area (Å²) < 4.78 is 5.58. The number of benzene rings is 2. The summed E-state index contributed by atoms with van der Waals surface area (Å²) in [7, 11) is 0. The zero-order valence-electron chi connectivity index (χ0n) is 15.5. The standard InChI is InChI=1S/C22H23NO4/c1-13(2)18-11-23(20(18)21(24)25)22(26)27-12-19-16-9-5-3-7-14(16)15-8-4-6-10-17(15)19/h3-10,13,18-20H,11-12H2,1-2H3,(H,24,25)/t18-,20+/m1/s1.